The van der Waals surface area contributed by atoms with Crippen molar-refractivity contribution in [3.8, 4) is 0 Å². The Bertz CT molecular complexity index is 819. The van der Waals surface area contributed by atoms with Gasteiger partial charge < -0.3 is 10.6 Å². The molecule has 2 N–H and O–H groups in total. The molecule has 0 spiro atoms. The van der Waals surface area contributed by atoms with Gasteiger partial charge in [-0.2, -0.15) is 0 Å². The van der Waals surface area contributed by atoms with Crippen molar-refractivity contribution in [3.63, 3.8) is 0 Å². The highest BCUT2D eigenvalue weighted by Gasteiger charge is 2.11. The fraction of sp³-hybridized carbons (Fsp3) is 0.350. The van der Waals surface area contributed by atoms with E-state index in [1.54, 1.807) is 25.1 Å². The van der Waals surface area contributed by atoms with Crippen molar-refractivity contribution in [2.24, 2.45) is 0 Å². The van der Waals surface area contributed by atoms with Gasteiger partial charge in [0.1, 0.15) is 11.5 Å². The first-order valence-corrected chi connectivity index (χ1v) is 8.94. The maximum Gasteiger partial charge on any atom is 0.270 e. The molecule has 0 aliphatic heterocycles. The Morgan fingerprint density at radius 2 is 2.12 bits per heavy atom. The fourth-order valence-electron chi connectivity index (χ4n) is 2.99. The molecule has 1 aliphatic rings. The van der Waals surface area contributed by atoms with E-state index in [4.69, 9.17) is 0 Å². The number of hydrogen-bond acceptors (Lipinski definition) is 4. The molecule has 5 nitrogen and oxygen atoms in total. The fourth-order valence-corrected chi connectivity index (χ4v) is 2.99. The van der Waals surface area contributed by atoms with Gasteiger partial charge in [-0.3, -0.25) is 4.79 Å². The largest absolute Gasteiger partial charge is 0.350 e. The summed E-state index contributed by atoms with van der Waals surface area (Å²) in [5, 5.41) is 5.85. The van der Waals surface area contributed by atoms with Gasteiger partial charge in [0.15, 0.2) is 0 Å². The van der Waals surface area contributed by atoms with Gasteiger partial charge in [-0.05, 0) is 63.3 Å². The Kier molecular flexibility index (Phi) is 5.94. The molecular weight excluding hydrogens is 331 g/mol. The molecule has 0 unspecified atom stereocenters. The highest BCUT2D eigenvalue weighted by molar-refractivity contribution is 5.92. The zero-order chi connectivity index (χ0) is 18.4. The van der Waals surface area contributed by atoms with Gasteiger partial charge in [-0.25, -0.2) is 14.4 Å². The van der Waals surface area contributed by atoms with E-state index in [9.17, 15) is 9.18 Å². The van der Waals surface area contributed by atoms with E-state index in [-0.39, 0.29) is 17.7 Å². The second-order valence-electron chi connectivity index (χ2n) is 6.47. The first kappa shape index (κ1) is 18.0. The van der Waals surface area contributed by atoms with Crippen LogP contribution < -0.4 is 10.6 Å². The zero-order valence-electron chi connectivity index (χ0n) is 14.9. The molecule has 1 heterocycles. The minimum Gasteiger partial charge on any atom is -0.350 e. The third-order valence-electron chi connectivity index (χ3n) is 4.28. The molecule has 6 heteroatoms. The summed E-state index contributed by atoms with van der Waals surface area (Å²) >= 11 is 0. The number of hydrogen-bond donors (Lipinski definition) is 2. The number of allylic oxidation sites excluding steroid dienone is 1. The van der Waals surface area contributed by atoms with Crippen LogP contribution in [-0.4, -0.2) is 22.4 Å². The van der Waals surface area contributed by atoms with Gasteiger partial charge in [-0.1, -0.05) is 17.7 Å². The summed E-state index contributed by atoms with van der Waals surface area (Å²) in [7, 11) is 0. The molecule has 1 aromatic heterocycles. The molecular formula is C20H23FN4O. The van der Waals surface area contributed by atoms with Crippen LogP contribution in [-0.2, 0) is 0 Å². The molecule has 26 heavy (non-hydrogen) atoms. The van der Waals surface area contributed by atoms with Gasteiger partial charge in [0.05, 0.1) is 0 Å². The molecule has 1 aromatic carbocycles. The second kappa shape index (κ2) is 8.56. The van der Waals surface area contributed by atoms with E-state index in [1.165, 1.54) is 30.5 Å². The minimum atomic E-state index is -0.349. The van der Waals surface area contributed by atoms with Gasteiger partial charge in [0, 0.05) is 17.9 Å². The Labute approximate surface area is 152 Å². The summed E-state index contributed by atoms with van der Waals surface area (Å²) in [4.78, 5) is 20.9. The third-order valence-corrected chi connectivity index (χ3v) is 4.28. The third kappa shape index (κ3) is 5.12. The molecule has 0 saturated heterocycles. The van der Waals surface area contributed by atoms with E-state index >= 15 is 0 Å². The average molecular weight is 354 g/mol. The maximum absolute atomic E-state index is 13.3. The van der Waals surface area contributed by atoms with Crippen LogP contribution in [0.15, 0.2) is 42.0 Å². The van der Waals surface area contributed by atoms with E-state index < -0.39 is 0 Å². The van der Waals surface area contributed by atoms with Crippen LogP contribution in [0.25, 0.3) is 0 Å². The van der Waals surface area contributed by atoms with Crippen molar-refractivity contribution >= 4 is 17.5 Å². The molecule has 3 rings (SSSR count). The van der Waals surface area contributed by atoms with Crippen molar-refractivity contribution in [2.45, 2.75) is 39.0 Å². The first-order valence-electron chi connectivity index (χ1n) is 8.94. The van der Waals surface area contributed by atoms with Crippen LogP contribution in [0.4, 0.5) is 16.0 Å². The molecule has 1 amide bonds. The number of nitrogens with one attached hydrogen (secondary N) is 2. The number of amides is 1. The number of nitrogens with zero attached hydrogens (tertiary/aromatic N) is 2. The molecule has 0 fully saturated rings. The maximum atomic E-state index is 13.3. The summed E-state index contributed by atoms with van der Waals surface area (Å²) in [6.07, 6.45) is 7.93. The molecule has 0 saturated carbocycles. The molecule has 136 valence electrons. The number of carbonyl (C=O) groups excluding carboxylic acids is 1. The number of anilines is 2. The first-order chi connectivity index (χ1) is 12.6. The standard InChI is InChI=1S/C20H23FN4O/c1-14-12-18(19(26)22-11-10-15-6-3-2-4-7-15)25-20(23-14)24-17-9-5-8-16(21)13-17/h5-6,8-9,12-13H,2-4,7,10-11H2,1H3,(H,22,26)(H,23,24,25). The Morgan fingerprint density at radius 3 is 2.88 bits per heavy atom. The number of aromatic nitrogens is 2. The number of halogens is 1. The monoisotopic (exact) mass is 354 g/mol. The van der Waals surface area contributed by atoms with E-state index in [0.717, 1.165) is 19.3 Å². The number of rotatable bonds is 6. The van der Waals surface area contributed by atoms with Crippen LogP contribution in [0.5, 0.6) is 0 Å². The number of aryl methyl sites for hydroxylation is 1. The van der Waals surface area contributed by atoms with Gasteiger partial charge in [0.2, 0.25) is 5.95 Å². The van der Waals surface area contributed by atoms with Gasteiger partial charge in [-0.15, -0.1) is 0 Å². The highest BCUT2D eigenvalue weighted by Crippen LogP contribution is 2.19. The summed E-state index contributed by atoms with van der Waals surface area (Å²) in [6, 6.07) is 7.67. The van der Waals surface area contributed by atoms with Crippen LogP contribution in [0.1, 0.15) is 48.3 Å². The SMILES string of the molecule is Cc1cc(C(=O)NCCC2=CCCCC2)nc(Nc2cccc(F)c2)n1. The van der Waals surface area contributed by atoms with Gasteiger partial charge >= 0.3 is 0 Å². The lowest BCUT2D eigenvalue weighted by atomic mass is 9.97. The Morgan fingerprint density at radius 1 is 1.23 bits per heavy atom. The summed E-state index contributed by atoms with van der Waals surface area (Å²) in [5.41, 5.74) is 2.92. The van der Waals surface area contributed by atoms with Crippen LogP contribution in [0.2, 0.25) is 0 Å². The second-order valence-corrected chi connectivity index (χ2v) is 6.47. The van der Waals surface area contributed by atoms with Crippen molar-refractivity contribution < 1.29 is 9.18 Å². The van der Waals surface area contributed by atoms with E-state index in [2.05, 4.69) is 26.7 Å². The average Bonchev–Trinajstić information content (AvgIpc) is 2.62. The highest BCUT2D eigenvalue weighted by atomic mass is 19.1. The predicted octanol–water partition coefficient (Wildman–Crippen LogP) is 4.29. The lowest BCUT2D eigenvalue weighted by Crippen LogP contribution is -2.26. The van der Waals surface area contributed by atoms with Gasteiger partial charge in [0.25, 0.3) is 5.91 Å². The van der Waals surface area contributed by atoms with E-state index in [1.807, 2.05) is 0 Å². The van der Waals surface area contributed by atoms with Crippen LogP contribution in [0.3, 0.4) is 0 Å². The molecule has 0 atom stereocenters. The van der Waals surface area contributed by atoms with Crippen molar-refractivity contribution in [2.75, 3.05) is 11.9 Å². The quantitative estimate of drug-likeness (QED) is 0.760. The Balaban J connectivity index is 1.62. The molecule has 0 bridgehead atoms. The van der Waals surface area contributed by atoms with Crippen molar-refractivity contribution in [1.29, 1.82) is 0 Å². The Hall–Kier alpha value is -2.76. The smallest absolute Gasteiger partial charge is 0.270 e. The molecule has 2 aromatic rings. The van der Waals surface area contributed by atoms with Crippen molar-refractivity contribution in [1.82, 2.24) is 15.3 Å². The van der Waals surface area contributed by atoms with E-state index in [0.29, 0.717) is 23.6 Å². The number of benzene rings is 1. The zero-order valence-corrected chi connectivity index (χ0v) is 14.9. The summed E-state index contributed by atoms with van der Waals surface area (Å²) < 4.78 is 13.3. The summed E-state index contributed by atoms with van der Waals surface area (Å²) in [6.45, 7) is 2.39. The minimum absolute atomic E-state index is 0.228. The van der Waals surface area contributed by atoms with Crippen LogP contribution in [0, 0.1) is 12.7 Å². The molecule has 1 aliphatic carbocycles. The summed E-state index contributed by atoms with van der Waals surface area (Å²) in [5.74, 6) is -0.303. The van der Waals surface area contributed by atoms with Crippen LogP contribution >= 0.6 is 0 Å². The lowest BCUT2D eigenvalue weighted by Gasteiger charge is -2.13. The normalized spacial score (nSPS) is 13.8. The lowest BCUT2D eigenvalue weighted by molar-refractivity contribution is 0.0949. The topological polar surface area (TPSA) is 66.9 Å². The predicted molar refractivity (Wildman–Crippen MR) is 100.0 cm³/mol. The van der Waals surface area contributed by atoms with Crippen molar-refractivity contribution in [3.05, 3.63) is 59.2 Å². The molecule has 0 radical (unpaired) electrons. The number of carbonyl (C=O) groups is 1.